The number of carbonyl (C=O) groups excluding carboxylic acids is 3. The van der Waals surface area contributed by atoms with Crippen LogP contribution in [0.15, 0.2) is 23.0 Å². The van der Waals surface area contributed by atoms with Crippen molar-refractivity contribution in [1.29, 1.82) is 0 Å². The lowest BCUT2D eigenvalue weighted by Gasteiger charge is -2.41. The molecule has 2 aliphatic rings. The molecule has 10 heteroatoms. The maximum Gasteiger partial charge on any atom is 0.293 e. The number of aryl methyl sites for hydroxylation is 1. The van der Waals surface area contributed by atoms with E-state index in [9.17, 15) is 18.8 Å². The Morgan fingerprint density at radius 1 is 1.37 bits per heavy atom. The number of thiophene rings is 1. The molecule has 1 saturated heterocycles. The largest absolute Gasteiger partial charge is 0.382 e. The maximum atomic E-state index is 13.4. The van der Waals surface area contributed by atoms with Crippen LogP contribution in [0, 0.1) is 13.8 Å². The van der Waals surface area contributed by atoms with Crippen molar-refractivity contribution in [2.24, 2.45) is 0 Å². The highest BCUT2D eigenvalue weighted by Gasteiger charge is 2.42. The van der Waals surface area contributed by atoms with Gasteiger partial charge in [-0.05, 0) is 25.5 Å². The molecule has 0 radical (unpaired) electrons. The second-order valence-corrected chi connectivity index (χ2v) is 9.05. The molecule has 1 aliphatic heterocycles. The maximum absolute atomic E-state index is 13.4. The first-order chi connectivity index (χ1) is 14.2. The van der Waals surface area contributed by atoms with E-state index in [-0.39, 0.29) is 36.2 Å². The van der Waals surface area contributed by atoms with Gasteiger partial charge in [0.15, 0.2) is 0 Å². The molecule has 1 aromatic heterocycles. The van der Waals surface area contributed by atoms with Gasteiger partial charge >= 0.3 is 0 Å². The number of halogens is 2. The molecule has 2 heterocycles. The number of nitrogens with one attached hydrogen (secondary N) is 2. The number of methoxy groups -OCH3 is 1. The fraction of sp³-hybridized carbons (Fsp3) is 0.450. The second-order valence-electron chi connectivity index (χ2n) is 7.37. The van der Waals surface area contributed by atoms with E-state index in [1.807, 2.05) is 0 Å². The molecule has 1 aliphatic carbocycles. The molecule has 30 heavy (non-hydrogen) atoms. The third-order valence-corrected chi connectivity index (χ3v) is 6.51. The minimum absolute atomic E-state index is 0.0408. The smallest absolute Gasteiger partial charge is 0.293 e. The summed E-state index contributed by atoms with van der Waals surface area (Å²) in [6.07, 6.45) is 2.88. The normalized spacial score (nSPS) is 20.0. The van der Waals surface area contributed by atoms with Gasteiger partial charge in [-0.1, -0.05) is 17.7 Å². The quantitative estimate of drug-likeness (QED) is 0.486. The predicted molar refractivity (Wildman–Crippen MR) is 111 cm³/mol. The minimum atomic E-state index is -0.769. The first kappa shape index (κ1) is 22.6. The highest BCUT2D eigenvalue weighted by atomic mass is 35.5. The van der Waals surface area contributed by atoms with Gasteiger partial charge < -0.3 is 20.1 Å². The summed E-state index contributed by atoms with van der Waals surface area (Å²) in [5.41, 5.74) is 0.0415. The zero-order valence-electron chi connectivity index (χ0n) is 16.8. The van der Waals surface area contributed by atoms with Crippen molar-refractivity contribution in [3.05, 3.63) is 43.9 Å². The molecule has 1 unspecified atom stereocenters. The first-order valence-electron chi connectivity index (χ1n) is 9.24. The lowest BCUT2D eigenvalue weighted by molar-refractivity contribution is -0.135. The van der Waals surface area contributed by atoms with E-state index in [2.05, 4.69) is 10.6 Å². The van der Waals surface area contributed by atoms with Crippen LogP contribution in [-0.2, 0) is 14.3 Å². The summed E-state index contributed by atoms with van der Waals surface area (Å²) >= 11 is 6.91. The number of hydrogen-bond donors (Lipinski definition) is 2. The van der Waals surface area contributed by atoms with Crippen molar-refractivity contribution in [2.45, 2.75) is 31.8 Å². The topological polar surface area (TPSA) is 93.7 Å². The van der Waals surface area contributed by atoms with Crippen LogP contribution in [0.25, 0.3) is 0 Å². The standard InChI is InChI=1S/C20H22ClFN2O5S/c1-10-15(18(26)23-12-4-5-14(22)13(21)6-12)11(2)30-17(10)16(25)19(27)24-20(7-28-3)8-29-9-20/h4-5,12H,6-9H2,1-3H3,(H,23,26)(H,24,27). The Bertz CT molecular complexity index is 951. The van der Waals surface area contributed by atoms with E-state index >= 15 is 0 Å². The zero-order valence-corrected chi connectivity index (χ0v) is 18.3. The number of rotatable bonds is 7. The molecule has 0 aromatic carbocycles. The van der Waals surface area contributed by atoms with Gasteiger partial charge in [0, 0.05) is 18.4 Å². The van der Waals surface area contributed by atoms with E-state index in [0.717, 1.165) is 11.3 Å². The number of hydrogen-bond acceptors (Lipinski definition) is 6. The summed E-state index contributed by atoms with van der Waals surface area (Å²) in [4.78, 5) is 38.9. The zero-order chi connectivity index (χ0) is 22.1. The molecular weight excluding hydrogens is 435 g/mol. The van der Waals surface area contributed by atoms with Gasteiger partial charge in [0.25, 0.3) is 17.6 Å². The van der Waals surface area contributed by atoms with Gasteiger partial charge in [-0.25, -0.2) is 4.39 Å². The lowest BCUT2D eigenvalue weighted by atomic mass is 9.98. The van der Waals surface area contributed by atoms with E-state index in [1.54, 1.807) is 13.8 Å². The fourth-order valence-electron chi connectivity index (χ4n) is 3.41. The van der Waals surface area contributed by atoms with Crippen LogP contribution in [0.2, 0.25) is 0 Å². The van der Waals surface area contributed by atoms with E-state index in [1.165, 1.54) is 19.3 Å². The Morgan fingerprint density at radius 2 is 2.07 bits per heavy atom. The Hall–Kier alpha value is -2.07. The number of carbonyl (C=O) groups is 3. The molecule has 0 bridgehead atoms. The number of ether oxygens (including phenoxy) is 2. The van der Waals surface area contributed by atoms with E-state index < -0.39 is 35.0 Å². The second kappa shape index (κ2) is 8.97. The Morgan fingerprint density at radius 3 is 2.63 bits per heavy atom. The van der Waals surface area contributed by atoms with Crippen molar-refractivity contribution in [3.63, 3.8) is 0 Å². The molecule has 7 nitrogen and oxygen atoms in total. The van der Waals surface area contributed by atoms with Crippen molar-refractivity contribution >= 4 is 40.5 Å². The molecule has 2 amide bonds. The molecule has 0 spiro atoms. The molecule has 3 rings (SSSR count). The number of amides is 2. The van der Waals surface area contributed by atoms with E-state index in [4.69, 9.17) is 21.1 Å². The predicted octanol–water partition coefficient (Wildman–Crippen LogP) is 2.56. The monoisotopic (exact) mass is 456 g/mol. The van der Waals surface area contributed by atoms with Crippen LogP contribution >= 0.6 is 22.9 Å². The average molecular weight is 457 g/mol. The van der Waals surface area contributed by atoms with Crippen LogP contribution in [0.4, 0.5) is 4.39 Å². The van der Waals surface area contributed by atoms with Crippen molar-refractivity contribution in [3.8, 4) is 0 Å². The van der Waals surface area contributed by atoms with Crippen molar-refractivity contribution in [2.75, 3.05) is 26.9 Å². The summed E-state index contributed by atoms with van der Waals surface area (Å²) in [7, 11) is 1.50. The number of Topliss-reactive ketones (excluding diaryl/α,β-unsaturated/α-hetero) is 1. The first-order valence-corrected chi connectivity index (χ1v) is 10.4. The van der Waals surface area contributed by atoms with Gasteiger partial charge in [-0.3, -0.25) is 14.4 Å². The molecule has 1 aromatic rings. The van der Waals surface area contributed by atoms with Crippen LogP contribution in [0.3, 0.4) is 0 Å². The van der Waals surface area contributed by atoms with Gasteiger partial charge in [-0.15, -0.1) is 11.3 Å². The molecule has 1 atom stereocenters. The minimum Gasteiger partial charge on any atom is -0.382 e. The molecular formula is C20H22ClFN2O5S. The van der Waals surface area contributed by atoms with Crippen LogP contribution < -0.4 is 10.6 Å². The third-order valence-electron chi connectivity index (χ3n) is 4.97. The number of allylic oxidation sites excluding steroid dienone is 2. The van der Waals surface area contributed by atoms with Crippen molar-refractivity contribution in [1.82, 2.24) is 10.6 Å². The van der Waals surface area contributed by atoms with Crippen LogP contribution in [-0.4, -0.2) is 56.1 Å². The third kappa shape index (κ3) is 4.49. The SMILES string of the molecule is COCC1(NC(=O)C(=O)c2sc(C)c(C(=O)NC3C=CC(F)=C(Cl)C3)c2C)COC1. The van der Waals surface area contributed by atoms with Gasteiger partial charge in [0.2, 0.25) is 0 Å². The molecule has 2 N–H and O–H groups in total. The lowest BCUT2D eigenvalue weighted by Crippen LogP contribution is -2.65. The van der Waals surface area contributed by atoms with Crippen LogP contribution in [0.1, 0.15) is 36.9 Å². The van der Waals surface area contributed by atoms with Crippen molar-refractivity contribution < 1.29 is 28.2 Å². The summed E-state index contributed by atoms with van der Waals surface area (Å²) in [6, 6.07) is -0.460. The van der Waals surface area contributed by atoms with Gasteiger partial charge in [0.05, 0.1) is 41.3 Å². The Balaban J connectivity index is 1.73. The van der Waals surface area contributed by atoms with E-state index in [0.29, 0.717) is 16.0 Å². The highest BCUT2D eigenvalue weighted by molar-refractivity contribution is 7.15. The van der Waals surface area contributed by atoms with Gasteiger partial charge in [0.1, 0.15) is 11.4 Å². The van der Waals surface area contributed by atoms with Crippen LogP contribution in [0.5, 0.6) is 0 Å². The average Bonchev–Trinajstić information content (AvgIpc) is 2.96. The van der Waals surface area contributed by atoms with Gasteiger partial charge in [-0.2, -0.15) is 0 Å². The molecule has 1 fully saturated rings. The molecule has 162 valence electrons. The fourth-order valence-corrected chi connectivity index (χ4v) is 4.74. The summed E-state index contributed by atoms with van der Waals surface area (Å²) < 4.78 is 23.6. The Labute approximate surface area is 182 Å². The highest BCUT2D eigenvalue weighted by Crippen LogP contribution is 2.29. The summed E-state index contributed by atoms with van der Waals surface area (Å²) in [5.74, 6) is -2.42. The Kier molecular flexibility index (Phi) is 6.76. The summed E-state index contributed by atoms with van der Waals surface area (Å²) in [5, 5.41) is 5.51. The molecule has 0 saturated carbocycles. The summed E-state index contributed by atoms with van der Waals surface area (Å²) in [6.45, 7) is 4.09. The number of ketones is 1.